The summed E-state index contributed by atoms with van der Waals surface area (Å²) in [6.07, 6.45) is 1.07. The lowest BCUT2D eigenvalue weighted by Crippen LogP contribution is -2.45. The highest BCUT2D eigenvalue weighted by molar-refractivity contribution is 5.84. The smallest absolute Gasteiger partial charge is 0.328 e. The van der Waals surface area contributed by atoms with Gasteiger partial charge in [-0.05, 0) is 12.0 Å². The number of hydrogen-bond acceptors (Lipinski definition) is 4. The molecule has 0 aliphatic heterocycles. The molecule has 21 heavy (non-hydrogen) atoms. The molecule has 0 radical (unpaired) electrons. The highest BCUT2D eigenvalue weighted by Crippen LogP contribution is 2.10. The molecule has 1 amide bonds. The number of nitrogens with zero attached hydrogens (tertiary/aromatic N) is 1. The van der Waals surface area contributed by atoms with Crippen molar-refractivity contribution < 1.29 is 14.3 Å². The second kappa shape index (κ2) is 8.75. The van der Waals surface area contributed by atoms with Gasteiger partial charge in [-0.15, -0.1) is 0 Å². The number of carbonyl (C=O) groups excluding carboxylic acids is 2. The van der Waals surface area contributed by atoms with Gasteiger partial charge in [0, 0.05) is 18.8 Å². The van der Waals surface area contributed by atoms with E-state index in [1.807, 2.05) is 36.4 Å². The van der Waals surface area contributed by atoms with E-state index in [-0.39, 0.29) is 24.7 Å². The fraction of sp³-hybridized carbons (Fsp3) is 0.438. The molecular weight excluding hydrogens is 268 g/mol. The molecule has 1 N–H and O–H groups in total. The minimum Gasteiger partial charge on any atom is -0.467 e. The van der Waals surface area contributed by atoms with Crippen LogP contribution in [0.15, 0.2) is 30.3 Å². The predicted molar refractivity (Wildman–Crippen MR) is 78.1 cm³/mol. The zero-order chi connectivity index (χ0) is 15.7. The molecule has 1 aromatic rings. The number of carbonyl (C=O) groups is 2. The minimum absolute atomic E-state index is 0.179. The SMILES string of the molecule is COC(=O)[C@H](NC(=O)CCc1ccccc1)[C@H](C)CC#N. The summed E-state index contributed by atoms with van der Waals surface area (Å²) < 4.78 is 4.68. The van der Waals surface area contributed by atoms with Crippen LogP contribution in [0.4, 0.5) is 0 Å². The molecule has 0 fully saturated rings. The predicted octanol–water partition coefficient (Wildman–Crippen LogP) is 1.83. The molecule has 0 aromatic heterocycles. The van der Waals surface area contributed by atoms with Crippen molar-refractivity contribution in [2.45, 2.75) is 32.2 Å². The third kappa shape index (κ3) is 5.65. The summed E-state index contributed by atoms with van der Waals surface area (Å²) >= 11 is 0. The topological polar surface area (TPSA) is 79.2 Å². The molecule has 0 aliphatic carbocycles. The molecule has 0 saturated heterocycles. The number of hydrogen-bond donors (Lipinski definition) is 1. The molecular formula is C16H20N2O3. The zero-order valence-electron chi connectivity index (χ0n) is 12.3. The Bertz CT molecular complexity index is 508. The molecule has 1 rings (SSSR count). The average Bonchev–Trinajstić information content (AvgIpc) is 2.51. The number of methoxy groups -OCH3 is 1. The van der Waals surface area contributed by atoms with Gasteiger partial charge in [0.2, 0.25) is 5.91 Å². The van der Waals surface area contributed by atoms with Gasteiger partial charge in [0.05, 0.1) is 13.2 Å². The summed E-state index contributed by atoms with van der Waals surface area (Å²) in [5.74, 6) is -1.03. The van der Waals surface area contributed by atoms with Gasteiger partial charge in [-0.3, -0.25) is 4.79 Å². The van der Waals surface area contributed by atoms with E-state index in [4.69, 9.17) is 5.26 Å². The average molecular weight is 288 g/mol. The molecule has 2 atom stereocenters. The molecule has 0 saturated carbocycles. The lowest BCUT2D eigenvalue weighted by Gasteiger charge is -2.21. The fourth-order valence-electron chi connectivity index (χ4n) is 1.97. The van der Waals surface area contributed by atoms with E-state index in [1.165, 1.54) is 7.11 Å². The minimum atomic E-state index is -0.780. The number of ether oxygens (including phenoxy) is 1. The van der Waals surface area contributed by atoms with Crippen molar-refractivity contribution in [3.63, 3.8) is 0 Å². The second-order valence-electron chi connectivity index (χ2n) is 4.89. The largest absolute Gasteiger partial charge is 0.467 e. The number of benzene rings is 1. The van der Waals surface area contributed by atoms with Gasteiger partial charge >= 0.3 is 5.97 Å². The Kier molecular flexibility index (Phi) is 6.96. The van der Waals surface area contributed by atoms with Crippen LogP contribution in [0.5, 0.6) is 0 Å². The van der Waals surface area contributed by atoms with Crippen LogP contribution >= 0.6 is 0 Å². The van der Waals surface area contributed by atoms with Crippen LogP contribution in [0.1, 0.15) is 25.3 Å². The van der Waals surface area contributed by atoms with Gasteiger partial charge in [0.15, 0.2) is 0 Å². The highest BCUT2D eigenvalue weighted by Gasteiger charge is 2.27. The summed E-state index contributed by atoms with van der Waals surface area (Å²) in [5.41, 5.74) is 1.06. The third-order valence-corrected chi connectivity index (χ3v) is 3.24. The van der Waals surface area contributed by atoms with Crippen LogP contribution in [-0.4, -0.2) is 25.0 Å². The maximum absolute atomic E-state index is 12.0. The quantitative estimate of drug-likeness (QED) is 0.776. The summed E-state index contributed by atoms with van der Waals surface area (Å²) in [5, 5.41) is 11.4. The number of aryl methyl sites for hydroxylation is 1. The van der Waals surface area contributed by atoms with Crippen molar-refractivity contribution >= 4 is 11.9 Å². The first kappa shape index (κ1) is 16.7. The maximum atomic E-state index is 12.0. The first-order valence-electron chi connectivity index (χ1n) is 6.86. The van der Waals surface area contributed by atoms with E-state index in [0.29, 0.717) is 6.42 Å². The summed E-state index contributed by atoms with van der Waals surface area (Å²) in [6.45, 7) is 1.74. The Labute approximate surface area is 124 Å². The van der Waals surface area contributed by atoms with Crippen molar-refractivity contribution in [2.75, 3.05) is 7.11 Å². The van der Waals surface area contributed by atoms with Gasteiger partial charge in [-0.25, -0.2) is 4.79 Å². The normalized spacial score (nSPS) is 12.8. The first-order chi connectivity index (χ1) is 10.1. The van der Waals surface area contributed by atoms with E-state index >= 15 is 0 Å². The van der Waals surface area contributed by atoms with Crippen LogP contribution in [-0.2, 0) is 20.7 Å². The van der Waals surface area contributed by atoms with Crippen molar-refractivity contribution in [2.24, 2.45) is 5.92 Å². The molecule has 5 nitrogen and oxygen atoms in total. The second-order valence-corrected chi connectivity index (χ2v) is 4.89. The van der Waals surface area contributed by atoms with Gasteiger partial charge in [0.1, 0.15) is 6.04 Å². The zero-order valence-corrected chi connectivity index (χ0v) is 12.3. The molecule has 0 spiro atoms. The number of esters is 1. The van der Waals surface area contributed by atoms with Crippen molar-refractivity contribution in [3.05, 3.63) is 35.9 Å². The molecule has 0 bridgehead atoms. The van der Waals surface area contributed by atoms with Crippen LogP contribution < -0.4 is 5.32 Å². The molecule has 5 heteroatoms. The molecule has 0 heterocycles. The first-order valence-corrected chi connectivity index (χ1v) is 6.86. The monoisotopic (exact) mass is 288 g/mol. The van der Waals surface area contributed by atoms with Gasteiger partial charge in [-0.1, -0.05) is 37.3 Å². The van der Waals surface area contributed by atoms with Crippen molar-refractivity contribution in [3.8, 4) is 6.07 Å². The fourth-order valence-corrected chi connectivity index (χ4v) is 1.97. The molecule has 112 valence electrons. The van der Waals surface area contributed by atoms with Crippen LogP contribution in [0.25, 0.3) is 0 Å². The standard InChI is InChI=1S/C16H20N2O3/c1-12(10-11-17)15(16(20)21-2)18-14(19)9-8-13-6-4-3-5-7-13/h3-7,12,15H,8-10H2,1-2H3,(H,18,19)/t12-,15-/m1/s1. The number of rotatable bonds is 7. The van der Waals surface area contributed by atoms with Crippen molar-refractivity contribution in [1.29, 1.82) is 5.26 Å². The van der Waals surface area contributed by atoms with Gasteiger partial charge in [-0.2, -0.15) is 5.26 Å². The van der Waals surface area contributed by atoms with Crippen LogP contribution in [0.2, 0.25) is 0 Å². The summed E-state index contributed by atoms with van der Waals surface area (Å²) in [4.78, 5) is 23.6. The third-order valence-electron chi connectivity index (χ3n) is 3.24. The van der Waals surface area contributed by atoms with Gasteiger partial charge < -0.3 is 10.1 Å². The van der Waals surface area contributed by atoms with Crippen molar-refractivity contribution in [1.82, 2.24) is 5.32 Å². The van der Waals surface area contributed by atoms with Gasteiger partial charge in [0.25, 0.3) is 0 Å². The summed E-state index contributed by atoms with van der Waals surface area (Å²) in [7, 11) is 1.27. The maximum Gasteiger partial charge on any atom is 0.328 e. The van der Waals surface area contributed by atoms with E-state index < -0.39 is 12.0 Å². The molecule has 0 aliphatic rings. The molecule has 1 aromatic carbocycles. The lowest BCUT2D eigenvalue weighted by atomic mass is 9.98. The van der Waals surface area contributed by atoms with Crippen LogP contribution in [0, 0.1) is 17.2 Å². The Morgan fingerprint density at radius 1 is 1.33 bits per heavy atom. The Balaban J connectivity index is 2.56. The number of amides is 1. The van der Waals surface area contributed by atoms with E-state index in [0.717, 1.165) is 5.56 Å². The Morgan fingerprint density at radius 2 is 2.00 bits per heavy atom. The van der Waals surface area contributed by atoms with E-state index in [1.54, 1.807) is 6.92 Å². The Morgan fingerprint density at radius 3 is 2.57 bits per heavy atom. The number of nitrogens with one attached hydrogen (secondary N) is 1. The van der Waals surface area contributed by atoms with E-state index in [9.17, 15) is 9.59 Å². The highest BCUT2D eigenvalue weighted by atomic mass is 16.5. The lowest BCUT2D eigenvalue weighted by molar-refractivity contribution is -0.146. The molecule has 0 unspecified atom stereocenters. The van der Waals surface area contributed by atoms with E-state index in [2.05, 4.69) is 10.1 Å². The number of nitriles is 1. The summed E-state index contributed by atoms with van der Waals surface area (Å²) in [6, 6.07) is 10.9. The van der Waals surface area contributed by atoms with Crippen LogP contribution in [0.3, 0.4) is 0 Å². The Hall–Kier alpha value is -2.35.